The SMILES string of the molecule is O=C(OC1CCCCC1)c1cc(C(O)OC2CCCCC2)cc(S(=O)(=O)O)c1. The minimum Gasteiger partial charge on any atom is -0.459 e. The van der Waals surface area contributed by atoms with Gasteiger partial charge in [-0.1, -0.05) is 25.7 Å². The van der Waals surface area contributed by atoms with Crippen LogP contribution in [0.5, 0.6) is 0 Å². The number of aliphatic hydroxyl groups is 1. The van der Waals surface area contributed by atoms with Crippen LogP contribution >= 0.6 is 0 Å². The summed E-state index contributed by atoms with van der Waals surface area (Å²) < 4.78 is 43.9. The quantitative estimate of drug-likeness (QED) is 0.416. The van der Waals surface area contributed by atoms with E-state index in [1.54, 1.807) is 0 Å². The third-order valence-corrected chi connectivity index (χ3v) is 6.28. The van der Waals surface area contributed by atoms with Gasteiger partial charge in [0.2, 0.25) is 0 Å². The molecule has 0 saturated heterocycles. The number of rotatable bonds is 6. The van der Waals surface area contributed by atoms with Crippen molar-refractivity contribution >= 4 is 16.1 Å². The number of aliphatic hydroxyl groups excluding tert-OH is 1. The highest BCUT2D eigenvalue weighted by Gasteiger charge is 2.25. The standard InChI is InChI=1S/C20H28O7S/c21-19(26-16-7-3-1-4-8-16)14-11-15(13-18(12-14)28(23,24)25)20(22)27-17-9-5-2-6-10-17/h11-13,16-17,19,21H,1-10H2,(H,23,24,25). The minimum atomic E-state index is -4.56. The Labute approximate surface area is 165 Å². The smallest absolute Gasteiger partial charge is 0.338 e. The maximum absolute atomic E-state index is 12.5. The molecule has 0 aromatic heterocycles. The van der Waals surface area contributed by atoms with Gasteiger partial charge in [-0.05, 0) is 56.7 Å². The predicted octanol–water partition coefficient (Wildman–Crippen LogP) is 3.76. The highest BCUT2D eigenvalue weighted by molar-refractivity contribution is 7.85. The normalized spacial score (nSPS) is 20.6. The van der Waals surface area contributed by atoms with E-state index in [0.29, 0.717) is 0 Å². The fourth-order valence-electron chi connectivity index (χ4n) is 3.90. The van der Waals surface area contributed by atoms with Crippen molar-refractivity contribution in [2.75, 3.05) is 0 Å². The molecular formula is C20H28O7S. The van der Waals surface area contributed by atoms with Crippen LogP contribution in [-0.2, 0) is 19.6 Å². The van der Waals surface area contributed by atoms with Crippen LogP contribution in [0.25, 0.3) is 0 Å². The zero-order chi connectivity index (χ0) is 20.1. The first kappa shape index (κ1) is 21.2. The van der Waals surface area contributed by atoms with Crippen LogP contribution in [0.15, 0.2) is 23.1 Å². The second kappa shape index (κ2) is 9.35. The molecule has 2 fully saturated rings. The first-order chi connectivity index (χ1) is 13.3. The fourth-order valence-corrected chi connectivity index (χ4v) is 4.46. The van der Waals surface area contributed by atoms with E-state index < -0.39 is 27.3 Å². The lowest BCUT2D eigenvalue weighted by molar-refractivity contribution is -0.147. The number of carbonyl (C=O) groups is 1. The van der Waals surface area contributed by atoms with E-state index in [1.807, 2.05) is 0 Å². The summed E-state index contributed by atoms with van der Waals surface area (Å²) in [7, 11) is -4.56. The van der Waals surface area contributed by atoms with Crippen molar-refractivity contribution in [1.29, 1.82) is 0 Å². The average Bonchev–Trinajstić information content (AvgIpc) is 2.68. The molecule has 2 saturated carbocycles. The third kappa shape index (κ3) is 5.76. The fraction of sp³-hybridized carbons (Fsp3) is 0.650. The molecule has 1 atom stereocenters. The van der Waals surface area contributed by atoms with Crippen molar-refractivity contribution in [1.82, 2.24) is 0 Å². The van der Waals surface area contributed by atoms with Gasteiger partial charge in [0.25, 0.3) is 10.1 Å². The third-order valence-electron chi connectivity index (χ3n) is 5.45. The number of hydrogen-bond donors (Lipinski definition) is 2. The largest absolute Gasteiger partial charge is 0.459 e. The second-order valence-corrected chi connectivity index (χ2v) is 9.10. The van der Waals surface area contributed by atoms with Crippen molar-refractivity contribution in [2.24, 2.45) is 0 Å². The summed E-state index contributed by atoms with van der Waals surface area (Å²) in [5, 5.41) is 10.4. The Balaban J connectivity index is 1.80. The molecule has 0 radical (unpaired) electrons. The Morgan fingerprint density at radius 3 is 2.07 bits per heavy atom. The number of esters is 1. The van der Waals surface area contributed by atoms with Gasteiger partial charge < -0.3 is 14.6 Å². The first-order valence-electron chi connectivity index (χ1n) is 10.00. The van der Waals surface area contributed by atoms with E-state index in [1.165, 1.54) is 6.07 Å². The Morgan fingerprint density at radius 1 is 0.929 bits per heavy atom. The van der Waals surface area contributed by atoms with Crippen molar-refractivity contribution in [3.05, 3.63) is 29.3 Å². The van der Waals surface area contributed by atoms with Gasteiger partial charge in [0, 0.05) is 5.56 Å². The van der Waals surface area contributed by atoms with Crippen molar-refractivity contribution in [2.45, 2.75) is 87.6 Å². The van der Waals surface area contributed by atoms with Crippen LogP contribution in [0.2, 0.25) is 0 Å². The molecule has 0 spiro atoms. The van der Waals surface area contributed by atoms with E-state index >= 15 is 0 Å². The Bertz CT molecular complexity index is 778. The Hall–Kier alpha value is -1.48. The molecule has 3 rings (SSSR count). The Kier molecular flexibility index (Phi) is 7.09. The molecule has 0 amide bonds. The summed E-state index contributed by atoms with van der Waals surface area (Å²) >= 11 is 0. The Morgan fingerprint density at radius 2 is 1.50 bits per heavy atom. The molecule has 1 aromatic rings. The van der Waals surface area contributed by atoms with Gasteiger partial charge in [0.1, 0.15) is 6.10 Å². The maximum Gasteiger partial charge on any atom is 0.338 e. The van der Waals surface area contributed by atoms with Gasteiger partial charge >= 0.3 is 5.97 Å². The molecule has 7 nitrogen and oxygen atoms in total. The lowest BCUT2D eigenvalue weighted by atomic mass is 9.97. The molecule has 2 aliphatic rings. The van der Waals surface area contributed by atoms with E-state index in [4.69, 9.17) is 9.47 Å². The number of benzene rings is 1. The zero-order valence-electron chi connectivity index (χ0n) is 15.9. The summed E-state index contributed by atoms with van der Waals surface area (Å²) in [6, 6.07) is 3.56. The summed E-state index contributed by atoms with van der Waals surface area (Å²) in [4.78, 5) is 12.1. The molecule has 28 heavy (non-hydrogen) atoms. The van der Waals surface area contributed by atoms with E-state index in [0.717, 1.165) is 76.3 Å². The van der Waals surface area contributed by atoms with Crippen molar-refractivity contribution < 1.29 is 32.3 Å². The second-order valence-electron chi connectivity index (χ2n) is 7.68. The van der Waals surface area contributed by atoms with Crippen LogP contribution in [0.1, 0.15) is 86.4 Å². The lowest BCUT2D eigenvalue weighted by Gasteiger charge is -2.25. The molecule has 1 unspecified atom stereocenters. The van der Waals surface area contributed by atoms with Gasteiger partial charge in [0.15, 0.2) is 6.29 Å². The predicted molar refractivity (Wildman–Crippen MR) is 101 cm³/mol. The highest BCUT2D eigenvalue weighted by atomic mass is 32.2. The number of carbonyl (C=O) groups excluding carboxylic acids is 1. The van der Waals surface area contributed by atoms with Crippen LogP contribution in [0.4, 0.5) is 0 Å². The average molecular weight is 413 g/mol. The number of hydrogen-bond acceptors (Lipinski definition) is 6. The molecule has 0 bridgehead atoms. The molecule has 156 valence electrons. The topological polar surface area (TPSA) is 110 Å². The van der Waals surface area contributed by atoms with Gasteiger partial charge in [-0.25, -0.2) is 4.79 Å². The maximum atomic E-state index is 12.5. The van der Waals surface area contributed by atoms with Crippen molar-refractivity contribution in [3.8, 4) is 0 Å². The summed E-state index contributed by atoms with van der Waals surface area (Å²) in [5.74, 6) is -0.663. The molecule has 8 heteroatoms. The monoisotopic (exact) mass is 412 g/mol. The molecule has 2 aliphatic carbocycles. The van der Waals surface area contributed by atoms with Gasteiger partial charge in [-0.2, -0.15) is 8.42 Å². The van der Waals surface area contributed by atoms with Gasteiger partial charge in [-0.15, -0.1) is 0 Å². The molecular weight excluding hydrogens is 384 g/mol. The van der Waals surface area contributed by atoms with Crippen LogP contribution in [-0.4, -0.2) is 36.3 Å². The summed E-state index contributed by atoms with van der Waals surface area (Å²) in [5.41, 5.74) is 0.0817. The first-order valence-corrected chi connectivity index (χ1v) is 11.4. The molecule has 2 N–H and O–H groups in total. The molecule has 1 aromatic carbocycles. The van der Waals surface area contributed by atoms with Gasteiger partial charge in [0.05, 0.1) is 16.6 Å². The van der Waals surface area contributed by atoms with Crippen LogP contribution in [0, 0.1) is 0 Å². The number of ether oxygens (including phenoxy) is 2. The molecule has 0 heterocycles. The lowest BCUT2D eigenvalue weighted by Crippen LogP contribution is -2.22. The van der Waals surface area contributed by atoms with Crippen molar-refractivity contribution in [3.63, 3.8) is 0 Å². The van der Waals surface area contributed by atoms with E-state index in [9.17, 15) is 22.9 Å². The minimum absolute atomic E-state index is 0.0259. The highest BCUT2D eigenvalue weighted by Crippen LogP contribution is 2.28. The van der Waals surface area contributed by atoms with E-state index in [-0.39, 0.29) is 23.3 Å². The summed E-state index contributed by atoms with van der Waals surface area (Å²) in [6.07, 6.45) is 7.77. The zero-order valence-corrected chi connectivity index (χ0v) is 16.7. The summed E-state index contributed by atoms with van der Waals surface area (Å²) in [6.45, 7) is 0. The van der Waals surface area contributed by atoms with E-state index in [2.05, 4.69) is 0 Å². The van der Waals surface area contributed by atoms with Crippen LogP contribution in [0.3, 0.4) is 0 Å². The van der Waals surface area contributed by atoms with Gasteiger partial charge in [-0.3, -0.25) is 4.55 Å². The van der Waals surface area contributed by atoms with Crippen LogP contribution < -0.4 is 0 Å². The molecule has 0 aliphatic heterocycles.